The highest BCUT2D eigenvalue weighted by Gasteiger charge is 2.23. The van der Waals surface area contributed by atoms with Crippen LogP contribution in [0.25, 0.3) is 0 Å². The lowest BCUT2D eigenvalue weighted by molar-refractivity contribution is 0.149. The standard InChI is InChI=1S/C19H25N3/c1-2-13-22-14-7-6-10-18(22)16-11-12-19(20-15-16)21-17-8-4-3-5-9-17/h3-5,8-9,11-12,15,18H,2,6-7,10,13-14H2,1H3,(H,20,21). The summed E-state index contributed by atoms with van der Waals surface area (Å²) in [5.74, 6) is 0.910. The third-order valence-electron chi connectivity index (χ3n) is 4.34. The van der Waals surface area contributed by atoms with Crippen LogP contribution in [0.2, 0.25) is 0 Å². The van der Waals surface area contributed by atoms with Crippen molar-refractivity contribution in [2.75, 3.05) is 18.4 Å². The molecule has 0 saturated carbocycles. The van der Waals surface area contributed by atoms with Crippen LogP contribution in [0.3, 0.4) is 0 Å². The van der Waals surface area contributed by atoms with Crippen molar-refractivity contribution in [3.05, 3.63) is 54.2 Å². The zero-order valence-electron chi connectivity index (χ0n) is 13.3. The van der Waals surface area contributed by atoms with Gasteiger partial charge in [0.1, 0.15) is 5.82 Å². The lowest BCUT2D eigenvalue weighted by Gasteiger charge is -2.35. The Kier molecular flexibility index (Phi) is 5.07. The third-order valence-corrected chi connectivity index (χ3v) is 4.34. The fraction of sp³-hybridized carbons (Fsp3) is 0.421. The van der Waals surface area contributed by atoms with Gasteiger partial charge in [-0.15, -0.1) is 0 Å². The normalized spacial score (nSPS) is 19.0. The van der Waals surface area contributed by atoms with E-state index in [0.29, 0.717) is 6.04 Å². The van der Waals surface area contributed by atoms with Gasteiger partial charge in [-0.05, 0) is 56.1 Å². The van der Waals surface area contributed by atoms with E-state index in [1.165, 1.54) is 44.3 Å². The molecule has 1 fully saturated rings. The lowest BCUT2D eigenvalue weighted by Crippen LogP contribution is -2.34. The van der Waals surface area contributed by atoms with Crippen molar-refractivity contribution in [2.45, 2.75) is 38.6 Å². The molecule has 22 heavy (non-hydrogen) atoms. The Bertz CT molecular complexity index is 563. The summed E-state index contributed by atoms with van der Waals surface area (Å²) in [5.41, 5.74) is 2.43. The number of para-hydroxylation sites is 1. The summed E-state index contributed by atoms with van der Waals surface area (Å²) in [5, 5.41) is 3.35. The number of anilines is 2. The molecular weight excluding hydrogens is 270 g/mol. The van der Waals surface area contributed by atoms with E-state index in [0.717, 1.165) is 11.5 Å². The van der Waals surface area contributed by atoms with Gasteiger partial charge in [0.2, 0.25) is 0 Å². The molecule has 0 amide bonds. The fourth-order valence-electron chi connectivity index (χ4n) is 3.27. The van der Waals surface area contributed by atoms with Crippen LogP contribution in [-0.4, -0.2) is 23.0 Å². The van der Waals surface area contributed by atoms with Gasteiger partial charge in [0.25, 0.3) is 0 Å². The minimum absolute atomic E-state index is 0.548. The van der Waals surface area contributed by atoms with Crippen LogP contribution in [0, 0.1) is 0 Å². The molecule has 0 radical (unpaired) electrons. The first-order valence-electron chi connectivity index (χ1n) is 8.39. The van der Waals surface area contributed by atoms with Gasteiger partial charge in [-0.3, -0.25) is 4.90 Å². The molecule has 116 valence electrons. The third kappa shape index (κ3) is 3.66. The van der Waals surface area contributed by atoms with Crippen LogP contribution >= 0.6 is 0 Å². The number of nitrogens with one attached hydrogen (secondary N) is 1. The Morgan fingerprint density at radius 3 is 2.73 bits per heavy atom. The van der Waals surface area contributed by atoms with E-state index in [-0.39, 0.29) is 0 Å². The van der Waals surface area contributed by atoms with Gasteiger partial charge < -0.3 is 5.32 Å². The number of pyridine rings is 1. The fourth-order valence-corrected chi connectivity index (χ4v) is 3.27. The second-order valence-corrected chi connectivity index (χ2v) is 6.02. The highest BCUT2D eigenvalue weighted by molar-refractivity contribution is 5.55. The van der Waals surface area contributed by atoms with Crippen LogP contribution in [0.5, 0.6) is 0 Å². The average molecular weight is 295 g/mol. The monoisotopic (exact) mass is 295 g/mol. The predicted molar refractivity (Wildman–Crippen MR) is 92.4 cm³/mol. The van der Waals surface area contributed by atoms with Crippen LogP contribution in [0.15, 0.2) is 48.7 Å². The molecule has 1 unspecified atom stereocenters. The van der Waals surface area contributed by atoms with Crippen molar-refractivity contribution >= 4 is 11.5 Å². The summed E-state index contributed by atoms with van der Waals surface area (Å²) in [6.07, 6.45) is 7.18. The Hall–Kier alpha value is -1.87. The van der Waals surface area contributed by atoms with E-state index in [1.807, 2.05) is 24.4 Å². The number of likely N-dealkylation sites (tertiary alicyclic amines) is 1. The number of hydrogen-bond acceptors (Lipinski definition) is 3. The molecular formula is C19H25N3. The molecule has 1 aliphatic rings. The Morgan fingerprint density at radius 2 is 2.00 bits per heavy atom. The summed E-state index contributed by atoms with van der Waals surface area (Å²) in [6.45, 7) is 4.67. The van der Waals surface area contributed by atoms with Gasteiger partial charge in [0, 0.05) is 17.9 Å². The van der Waals surface area contributed by atoms with E-state index in [1.54, 1.807) is 0 Å². The maximum Gasteiger partial charge on any atom is 0.130 e. The lowest BCUT2D eigenvalue weighted by atomic mass is 9.96. The summed E-state index contributed by atoms with van der Waals surface area (Å²) in [7, 11) is 0. The zero-order valence-corrected chi connectivity index (χ0v) is 13.3. The van der Waals surface area contributed by atoms with E-state index in [4.69, 9.17) is 0 Å². The predicted octanol–water partition coefficient (Wildman–Crippen LogP) is 4.76. The number of piperidine rings is 1. The van der Waals surface area contributed by atoms with Gasteiger partial charge in [0.05, 0.1) is 0 Å². The van der Waals surface area contributed by atoms with Crippen molar-refractivity contribution in [1.29, 1.82) is 0 Å². The highest BCUT2D eigenvalue weighted by Crippen LogP contribution is 2.31. The molecule has 1 aromatic heterocycles. The first-order chi connectivity index (χ1) is 10.9. The van der Waals surface area contributed by atoms with Gasteiger partial charge in [-0.25, -0.2) is 4.98 Å². The molecule has 0 spiro atoms. The van der Waals surface area contributed by atoms with Crippen molar-refractivity contribution in [3.63, 3.8) is 0 Å². The molecule has 1 N–H and O–H groups in total. The molecule has 3 nitrogen and oxygen atoms in total. The van der Waals surface area contributed by atoms with Crippen molar-refractivity contribution in [3.8, 4) is 0 Å². The van der Waals surface area contributed by atoms with Crippen molar-refractivity contribution in [2.24, 2.45) is 0 Å². The first-order valence-corrected chi connectivity index (χ1v) is 8.39. The van der Waals surface area contributed by atoms with E-state index >= 15 is 0 Å². The summed E-state index contributed by atoms with van der Waals surface area (Å²) >= 11 is 0. The Balaban J connectivity index is 1.70. The maximum absolute atomic E-state index is 4.61. The van der Waals surface area contributed by atoms with Gasteiger partial charge >= 0.3 is 0 Å². The minimum Gasteiger partial charge on any atom is -0.340 e. The van der Waals surface area contributed by atoms with E-state index in [2.05, 4.69) is 46.4 Å². The number of nitrogens with zero attached hydrogens (tertiary/aromatic N) is 2. The maximum atomic E-state index is 4.61. The van der Waals surface area contributed by atoms with Gasteiger partial charge in [-0.2, -0.15) is 0 Å². The van der Waals surface area contributed by atoms with Crippen molar-refractivity contribution in [1.82, 2.24) is 9.88 Å². The molecule has 1 saturated heterocycles. The van der Waals surface area contributed by atoms with Gasteiger partial charge in [0.15, 0.2) is 0 Å². The highest BCUT2D eigenvalue weighted by atomic mass is 15.2. The molecule has 0 aliphatic carbocycles. The zero-order chi connectivity index (χ0) is 15.2. The Labute approximate surface area is 133 Å². The molecule has 3 rings (SSSR count). The number of benzene rings is 1. The molecule has 2 aromatic rings. The largest absolute Gasteiger partial charge is 0.340 e. The number of hydrogen-bond donors (Lipinski definition) is 1. The SMILES string of the molecule is CCCN1CCCCC1c1ccc(Nc2ccccc2)nc1. The van der Waals surface area contributed by atoms with Crippen LogP contribution in [0.1, 0.15) is 44.2 Å². The van der Waals surface area contributed by atoms with Crippen molar-refractivity contribution < 1.29 is 0 Å². The topological polar surface area (TPSA) is 28.2 Å². The molecule has 1 aliphatic heterocycles. The second kappa shape index (κ2) is 7.41. The summed E-state index contributed by atoms with van der Waals surface area (Å²) in [6, 6.07) is 15.1. The van der Waals surface area contributed by atoms with Crippen LogP contribution < -0.4 is 5.32 Å². The number of aromatic nitrogens is 1. The van der Waals surface area contributed by atoms with Crippen LogP contribution in [0.4, 0.5) is 11.5 Å². The number of rotatable bonds is 5. The first kappa shape index (κ1) is 15.0. The molecule has 0 bridgehead atoms. The second-order valence-electron chi connectivity index (χ2n) is 6.02. The summed E-state index contributed by atoms with van der Waals surface area (Å²) < 4.78 is 0. The average Bonchev–Trinajstić information content (AvgIpc) is 2.58. The van der Waals surface area contributed by atoms with E-state index in [9.17, 15) is 0 Å². The van der Waals surface area contributed by atoms with Crippen LogP contribution in [-0.2, 0) is 0 Å². The smallest absolute Gasteiger partial charge is 0.130 e. The quantitative estimate of drug-likeness (QED) is 0.861. The van der Waals surface area contributed by atoms with E-state index < -0.39 is 0 Å². The Morgan fingerprint density at radius 1 is 1.14 bits per heavy atom. The molecule has 1 atom stereocenters. The molecule has 1 aromatic carbocycles. The molecule has 3 heteroatoms. The minimum atomic E-state index is 0.548. The molecule has 2 heterocycles. The van der Waals surface area contributed by atoms with Gasteiger partial charge in [-0.1, -0.05) is 37.6 Å². The summed E-state index contributed by atoms with van der Waals surface area (Å²) in [4.78, 5) is 7.22.